The number of hydrogen-bond acceptors (Lipinski definition) is 3. The van der Waals surface area contributed by atoms with Crippen LogP contribution in [0.4, 0.5) is 0 Å². The van der Waals surface area contributed by atoms with E-state index in [1.54, 1.807) is 54.6 Å². The van der Waals surface area contributed by atoms with Crippen LogP contribution in [-0.4, -0.2) is 8.42 Å². The minimum Gasteiger partial charge on any atom is -0.219 e. The second kappa shape index (κ2) is 4.31. The molecule has 0 heterocycles. The molecule has 0 N–H and O–H groups in total. The molecular weight excluding hydrogens is 240 g/mol. The van der Waals surface area contributed by atoms with Gasteiger partial charge in [-0.3, -0.25) is 0 Å². The van der Waals surface area contributed by atoms with E-state index < -0.39 is 9.84 Å². The van der Waals surface area contributed by atoms with Gasteiger partial charge in [0.15, 0.2) is 0 Å². The normalized spacial score (nSPS) is 11.3. The highest BCUT2D eigenvalue weighted by Crippen LogP contribution is 2.22. The quantitative estimate of drug-likeness (QED) is 0.832. The molecule has 0 amide bonds. The van der Waals surface area contributed by atoms with Gasteiger partial charge in [-0.05, 0) is 30.3 Å². The van der Waals surface area contributed by atoms with Gasteiger partial charge in [-0.25, -0.2) is 8.42 Å². The molecule has 0 bridgehead atoms. The molecule has 2 aromatic rings. The molecule has 2 rings (SSSR count). The molecule has 2 aromatic carbocycles. The van der Waals surface area contributed by atoms with Crippen molar-refractivity contribution in [3.05, 3.63) is 54.6 Å². The third-order valence-electron chi connectivity index (χ3n) is 2.18. The molecule has 0 unspecified atom stereocenters. The van der Waals surface area contributed by atoms with Crippen LogP contribution in [0.3, 0.4) is 0 Å². The third-order valence-corrected chi connectivity index (χ3v) is 4.23. The van der Waals surface area contributed by atoms with Crippen molar-refractivity contribution in [1.29, 1.82) is 0 Å². The summed E-state index contributed by atoms with van der Waals surface area (Å²) in [6.07, 6.45) is 0. The first-order valence-corrected chi connectivity index (χ1v) is 6.63. The lowest BCUT2D eigenvalue weighted by Gasteiger charge is -2.04. The van der Waals surface area contributed by atoms with Crippen molar-refractivity contribution in [1.82, 2.24) is 0 Å². The lowest BCUT2D eigenvalue weighted by atomic mass is 10.4. The smallest absolute Gasteiger partial charge is 0.206 e. The first-order valence-electron chi connectivity index (χ1n) is 4.70. The van der Waals surface area contributed by atoms with Crippen molar-refractivity contribution in [3.63, 3.8) is 0 Å². The van der Waals surface area contributed by atoms with Crippen molar-refractivity contribution in [2.24, 2.45) is 0 Å². The zero-order chi connectivity index (χ0) is 11.6. The molecule has 0 spiro atoms. The number of sulfone groups is 1. The fourth-order valence-corrected chi connectivity index (χ4v) is 3.03. The van der Waals surface area contributed by atoms with Crippen LogP contribution >= 0.6 is 12.6 Å². The van der Waals surface area contributed by atoms with Gasteiger partial charge in [-0.15, -0.1) is 12.6 Å². The average Bonchev–Trinajstić information content (AvgIpc) is 2.30. The van der Waals surface area contributed by atoms with Crippen LogP contribution in [0.15, 0.2) is 69.3 Å². The number of benzene rings is 2. The Morgan fingerprint density at radius 2 is 1.44 bits per heavy atom. The Balaban J connectivity index is 2.56. The highest BCUT2D eigenvalue weighted by Gasteiger charge is 2.16. The summed E-state index contributed by atoms with van der Waals surface area (Å²) < 4.78 is 24.3. The van der Waals surface area contributed by atoms with E-state index in [0.717, 1.165) is 0 Å². The first-order chi connectivity index (χ1) is 7.60. The summed E-state index contributed by atoms with van der Waals surface area (Å²) in [6, 6.07) is 14.9. The van der Waals surface area contributed by atoms with E-state index in [9.17, 15) is 8.42 Å². The van der Waals surface area contributed by atoms with E-state index in [1.165, 1.54) is 0 Å². The molecule has 0 aliphatic heterocycles. The second-order valence-electron chi connectivity index (χ2n) is 3.31. The predicted octanol–water partition coefficient (Wildman–Crippen LogP) is 2.81. The zero-order valence-electron chi connectivity index (χ0n) is 8.37. The molecule has 4 heteroatoms. The highest BCUT2D eigenvalue weighted by molar-refractivity contribution is 7.91. The van der Waals surface area contributed by atoms with Gasteiger partial charge >= 0.3 is 0 Å². The van der Waals surface area contributed by atoms with E-state index in [4.69, 9.17) is 0 Å². The topological polar surface area (TPSA) is 34.1 Å². The lowest BCUT2D eigenvalue weighted by Crippen LogP contribution is -2.01. The largest absolute Gasteiger partial charge is 0.219 e. The molecule has 0 radical (unpaired) electrons. The van der Waals surface area contributed by atoms with Gasteiger partial charge in [-0.2, -0.15) is 0 Å². The molecule has 16 heavy (non-hydrogen) atoms. The van der Waals surface area contributed by atoms with Gasteiger partial charge in [0, 0.05) is 4.90 Å². The van der Waals surface area contributed by atoms with Crippen LogP contribution < -0.4 is 0 Å². The minimum absolute atomic E-state index is 0.270. The van der Waals surface area contributed by atoms with E-state index in [2.05, 4.69) is 12.6 Å². The molecular formula is C12H10O2S2. The Hall–Kier alpha value is -1.26. The first kappa shape index (κ1) is 11.2. The van der Waals surface area contributed by atoms with Crippen molar-refractivity contribution < 1.29 is 8.42 Å². The van der Waals surface area contributed by atoms with Gasteiger partial charge in [-0.1, -0.05) is 24.3 Å². The summed E-state index contributed by atoms with van der Waals surface area (Å²) in [6.45, 7) is 0. The Morgan fingerprint density at radius 3 is 2.06 bits per heavy atom. The van der Waals surface area contributed by atoms with E-state index in [1.807, 2.05) is 0 Å². The van der Waals surface area contributed by atoms with Crippen LogP contribution in [0.5, 0.6) is 0 Å². The van der Waals surface area contributed by atoms with Crippen LogP contribution in [0, 0.1) is 0 Å². The lowest BCUT2D eigenvalue weighted by molar-refractivity contribution is 0.596. The average molecular weight is 250 g/mol. The summed E-state index contributed by atoms with van der Waals surface area (Å²) in [5, 5.41) is 0. The molecule has 0 saturated carbocycles. The van der Waals surface area contributed by atoms with Gasteiger partial charge in [0.2, 0.25) is 9.84 Å². The van der Waals surface area contributed by atoms with E-state index >= 15 is 0 Å². The molecule has 0 fully saturated rings. The van der Waals surface area contributed by atoms with E-state index in [0.29, 0.717) is 9.79 Å². The van der Waals surface area contributed by atoms with Crippen molar-refractivity contribution in [2.75, 3.05) is 0 Å². The van der Waals surface area contributed by atoms with Crippen molar-refractivity contribution in [2.45, 2.75) is 14.7 Å². The molecule has 2 nitrogen and oxygen atoms in total. The van der Waals surface area contributed by atoms with Gasteiger partial charge in [0.05, 0.1) is 9.79 Å². The summed E-state index contributed by atoms with van der Waals surface area (Å²) >= 11 is 4.13. The summed E-state index contributed by atoms with van der Waals surface area (Å²) in [7, 11) is -3.41. The van der Waals surface area contributed by atoms with E-state index in [-0.39, 0.29) is 4.90 Å². The standard InChI is InChI=1S/C12H10O2S2/c13-16(14,11-6-2-1-3-7-11)12-8-4-5-10(15)9-12/h1-9,15H. The molecule has 82 valence electrons. The maximum atomic E-state index is 12.2. The summed E-state index contributed by atoms with van der Waals surface area (Å²) in [5.74, 6) is 0. The van der Waals surface area contributed by atoms with Crippen molar-refractivity contribution in [3.8, 4) is 0 Å². The SMILES string of the molecule is O=S(=O)(c1ccccc1)c1cccc(S)c1. The Kier molecular flexibility index (Phi) is 3.03. The maximum Gasteiger partial charge on any atom is 0.206 e. The molecule has 0 atom stereocenters. The van der Waals surface area contributed by atoms with Crippen LogP contribution in [0.2, 0.25) is 0 Å². The molecule has 0 aliphatic carbocycles. The van der Waals surface area contributed by atoms with Crippen LogP contribution in [0.1, 0.15) is 0 Å². The van der Waals surface area contributed by atoms with Crippen LogP contribution in [0.25, 0.3) is 0 Å². The van der Waals surface area contributed by atoms with Gasteiger partial charge in [0.1, 0.15) is 0 Å². The zero-order valence-corrected chi connectivity index (χ0v) is 10.1. The summed E-state index contributed by atoms with van der Waals surface area (Å²) in [4.78, 5) is 1.21. The molecule has 0 saturated heterocycles. The number of rotatable bonds is 2. The maximum absolute atomic E-state index is 12.2. The second-order valence-corrected chi connectivity index (χ2v) is 5.78. The number of thiol groups is 1. The van der Waals surface area contributed by atoms with Gasteiger partial charge < -0.3 is 0 Å². The van der Waals surface area contributed by atoms with Crippen LogP contribution in [-0.2, 0) is 9.84 Å². The minimum atomic E-state index is -3.41. The Bertz CT molecular complexity index is 589. The third kappa shape index (κ3) is 2.13. The Morgan fingerprint density at radius 1 is 0.812 bits per heavy atom. The predicted molar refractivity (Wildman–Crippen MR) is 65.6 cm³/mol. The number of hydrogen-bond donors (Lipinski definition) is 1. The highest BCUT2D eigenvalue weighted by atomic mass is 32.2. The van der Waals surface area contributed by atoms with Crippen molar-refractivity contribution >= 4 is 22.5 Å². The fourth-order valence-electron chi connectivity index (χ4n) is 1.39. The fraction of sp³-hybridized carbons (Fsp3) is 0. The molecule has 0 aromatic heterocycles. The van der Waals surface area contributed by atoms with Gasteiger partial charge in [0.25, 0.3) is 0 Å². The summed E-state index contributed by atoms with van der Waals surface area (Å²) in [5.41, 5.74) is 0. The molecule has 0 aliphatic rings. The monoisotopic (exact) mass is 250 g/mol. The Labute approximate surface area is 100 Å².